The molecule has 3 aromatic heterocycles. The second kappa shape index (κ2) is 47.2. The predicted molar refractivity (Wildman–Crippen MR) is 466 cm³/mol. The molecule has 3 aromatic carbocycles. The fraction of sp³-hybridized carbons (Fsp3) is 0.541. The van der Waals surface area contributed by atoms with Gasteiger partial charge in [0.25, 0.3) is 0 Å². The first-order chi connectivity index (χ1) is 60.1. The minimum atomic E-state index is -1.77. The van der Waals surface area contributed by atoms with Gasteiger partial charge in [-0.25, -0.2) is 4.68 Å². The molecule has 41 nitrogen and oxygen atoms in total. The first-order valence-corrected chi connectivity index (χ1v) is 43.5. The molecule has 9 rings (SSSR count). The number of carbonyl (C=O) groups is 16. The number of aromatic hydroxyl groups is 1. The number of ketones is 1. The van der Waals surface area contributed by atoms with E-state index in [1.807, 2.05) is 32.0 Å². The lowest BCUT2D eigenvalue weighted by Crippen LogP contribution is -2.61. The van der Waals surface area contributed by atoms with Crippen molar-refractivity contribution in [1.29, 1.82) is 0 Å². The number of likely N-dealkylation sites (N-methyl/N-ethyl adjacent to an activating group) is 1. The molecule has 0 bridgehead atoms. The Hall–Kier alpha value is -12.4. The summed E-state index contributed by atoms with van der Waals surface area (Å²) in [5.41, 5.74) is 20.2. The van der Waals surface area contributed by atoms with Gasteiger partial charge in [-0.1, -0.05) is 109 Å². The Balaban J connectivity index is 0.0000200. The number of thioether (sulfide) groups is 1. The summed E-state index contributed by atoms with van der Waals surface area (Å²) in [4.78, 5) is 240. The van der Waals surface area contributed by atoms with Crippen molar-refractivity contribution in [3.05, 3.63) is 108 Å². The number of phenolic OH excluding ortho intramolecular Hbond substituents is 1. The number of nitrogens with two attached hydrogens (primary N) is 3. The van der Waals surface area contributed by atoms with E-state index in [0.29, 0.717) is 58.8 Å². The number of phenols is 1. The number of rotatable bonds is 21. The second-order valence-corrected chi connectivity index (χ2v) is 33.6. The van der Waals surface area contributed by atoms with Crippen LogP contribution in [0.4, 0.5) is 0 Å². The number of benzene rings is 3. The summed E-state index contributed by atoms with van der Waals surface area (Å²) in [6, 6.07) is 0.770. The first-order valence-electron chi connectivity index (χ1n) is 42.3. The second-order valence-electron chi connectivity index (χ2n) is 32.6. The van der Waals surface area contributed by atoms with Crippen molar-refractivity contribution < 1.29 is 92.0 Å². The summed E-state index contributed by atoms with van der Waals surface area (Å²) in [7, 11) is 1.39. The molecule has 0 spiro atoms. The Morgan fingerprint density at radius 2 is 1.18 bits per heavy atom. The quantitative estimate of drug-likeness (QED) is 0.0381. The predicted octanol–water partition coefficient (Wildman–Crippen LogP) is -1.72. The molecule has 15 atom stereocenters. The van der Waals surface area contributed by atoms with E-state index in [9.17, 15) is 68.1 Å². The lowest BCUT2D eigenvalue weighted by molar-refractivity contribution is -0.144. The van der Waals surface area contributed by atoms with Gasteiger partial charge in [0.15, 0.2) is 11.6 Å². The van der Waals surface area contributed by atoms with Crippen LogP contribution >= 0.6 is 11.8 Å². The Bertz CT molecular complexity index is 4900. The fourth-order valence-corrected chi connectivity index (χ4v) is 16.6. The van der Waals surface area contributed by atoms with Crippen LogP contribution in [0.1, 0.15) is 161 Å². The zero-order valence-corrected chi connectivity index (χ0v) is 72.3. The van der Waals surface area contributed by atoms with Crippen LogP contribution in [0, 0.1) is 11.8 Å². The van der Waals surface area contributed by atoms with Gasteiger partial charge in [-0.3, -0.25) is 76.7 Å². The van der Waals surface area contributed by atoms with Crippen molar-refractivity contribution in [2.75, 3.05) is 51.3 Å². The average molecular weight is 1790 g/mol. The zero-order chi connectivity index (χ0) is 91.8. The van der Waals surface area contributed by atoms with Crippen molar-refractivity contribution in [3.8, 4) is 5.75 Å². The number of aromatic amines is 2. The number of carbonyl (C=O) groups excluding carboxylic acids is 16. The van der Waals surface area contributed by atoms with Crippen LogP contribution in [0.5, 0.6) is 5.75 Å². The van der Waals surface area contributed by atoms with Gasteiger partial charge < -0.3 is 110 Å². The molecule has 3 aliphatic heterocycles. The van der Waals surface area contributed by atoms with E-state index in [1.165, 1.54) is 54.7 Å². The number of Topliss-reactive ketones (excluding diaryl/α,β-unsaturated/α-hetero) is 1. The number of aliphatic hydroxyl groups is 2. The largest absolute Gasteiger partial charge is 0.508 e. The van der Waals surface area contributed by atoms with Crippen molar-refractivity contribution in [3.63, 3.8) is 0 Å². The van der Waals surface area contributed by atoms with Gasteiger partial charge in [-0.05, 0) is 110 Å². The highest BCUT2D eigenvalue weighted by atomic mass is 32.2. The van der Waals surface area contributed by atoms with E-state index >= 15 is 24.0 Å². The van der Waals surface area contributed by atoms with E-state index < -0.39 is 230 Å². The molecule has 0 saturated carbocycles. The van der Waals surface area contributed by atoms with E-state index in [1.54, 1.807) is 56.6 Å². The topological polar surface area (TPSA) is 617 Å². The standard InChI is InChI=1S/C84H116N22O19S.CH4/c1-8-10-21-64-80(121)92-46(6)74(115)99-63(76(117)90-39-70(87)112)42-126-43-71(113)93-58(30-47-24-26-51(108)27-25-47)77(118)91-45(5)73(114)95-60(35-69(86)111)82(123)104-28-16-23-65(104)81(122)97-61(36-85)78(119)96-59(29-44(3)4)83(124)105-40-52(109)34-67(105)68(110)33-48(31-49-37-88-55-19-14-12-17-53(49)55)75(116)98-62(41-107)79(120)94-57(32-50-38-89-56-20-15-13-18-54(50)56)72-100-101-102-106(72)66(22-11-9-2)84(125)103(64)7;/h12-15,17-20,24-27,37-38,44-46,48,52,57-67,88-89,107-109H,8-11,16,21-23,28-36,39-43,85H2,1-7H3,(H2,86,111)(H2,87,112)(H,90,117)(H,91,118)(H,92,121)(H,93,113)(H,94,120)(H,95,114)(H,96,119)(H,97,122)(H,98,116)(H,99,115);1H4/t45-,46-,48+,52+,57-,58-,59-,60-,61-,62-,63-,64-,65-,66-,67-;/m0./s1. The molecule has 2 saturated heterocycles. The van der Waals surface area contributed by atoms with Crippen molar-refractivity contribution in [2.45, 2.75) is 230 Å². The Kier molecular flexibility index (Phi) is 37.2. The number of H-pyrrole nitrogens is 2. The summed E-state index contributed by atoms with van der Waals surface area (Å²) in [5, 5.41) is 72.9. The minimum absolute atomic E-state index is 0. The highest BCUT2D eigenvalue weighted by Gasteiger charge is 2.46. The number of amides is 15. The Labute approximate surface area is 738 Å². The van der Waals surface area contributed by atoms with E-state index in [0.717, 1.165) is 26.9 Å². The normalized spacial score (nSPS) is 25.3. The molecule has 6 heterocycles. The molecule has 0 radical (unpaired) electrons. The fourth-order valence-electron chi connectivity index (χ4n) is 15.7. The van der Waals surface area contributed by atoms with Crippen LogP contribution in [0.25, 0.3) is 21.8 Å². The molecule has 6 aromatic rings. The molecular weight excluding hydrogens is 1670 g/mol. The maximum atomic E-state index is 15.5. The van der Waals surface area contributed by atoms with Gasteiger partial charge in [0.2, 0.25) is 88.6 Å². The number of primary amides is 2. The third kappa shape index (κ3) is 27.1. The highest BCUT2D eigenvalue weighted by Crippen LogP contribution is 2.32. The molecule has 15 amide bonds. The number of nitrogens with one attached hydrogen (secondary N) is 12. The van der Waals surface area contributed by atoms with Crippen LogP contribution in [0.2, 0.25) is 0 Å². The van der Waals surface area contributed by atoms with Crippen LogP contribution in [-0.4, -0.2) is 278 Å². The molecule has 127 heavy (non-hydrogen) atoms. The lowest BCUT2D eigenvalue weighted by Gasteiger charge is -2.32. The van der Waals surface area contributed by atoms with Crippen LogP contribution in [0.3, 0.4) is 0 Å². The molecule has 21 N–H and O–H groups in total. The number of unbranched alkanes of at least 4 members (excludes halogenated alkanes) is 2. The van der Waals surface area contributed by atoms with Crippen LogP contribution in [0.15, 0.2) is 85.2 Å². The van der Waals surface area contributed by atoms with Gasteiger partial charge in [-0.2, -0.15) is 0 Å². The molecule has 0 aliphatic carbocycles. The number of hydrogen-bond donors (Lipinski definition) is 18. The first kappa shape index (κ1) is 100.0. The number of nitrogens with zero attached hydrogens (tertiary/aromatic N) is 7. The number of aromatic nitrogens is 6. The van der Waals surface area contributed by atoms with E-state index in [-0.39, 0.29) is 95.0 Å². The molecular formula is C85H120N22O19S. The van der Waals surface area contributed by atoms with Gasteiger partial charge >= 0.3 is 0 Å². The molecule has 0 unspecified atom stereocenters. The van der Waals surface area contributed by atoms with Gasteiger partial charge in [0.05, 0.1) is 43.5 Å². The van der Waals surface area contributed by atoms with E-state index in [2.05, 4.69) is 78.7 Å². The third-order valence-corrected chi connectivity index (χ3v) is 23.5. The molecule has 2 fully saturated rings. The van der Waals surface area contributed by atoms with E-state index in [4.69, 9.17) is 17.2 Å². The SMILES string of the molecule is C.CCCC[C@H]1C(=O)N[C@@H](C)C(=O)N[C@H](C(=O)NCC(N)=O)CSCC(=O)N[C@@H](Cc2ccc(O)cc2)C(=O)N[C@@H](C)C(=O)N[C@@H](CC(N)=O)C(=O)N2CCC[C@H]2C(=O)N[C@@H](CN)C(=O)N[C@@H](CC(C)C)C(=O)N2C[C@H](O)C[C@H]2C(=O)C[C@@H](Cc2c[nH]c3ccccc23)C(=O)N[C@@H](CO)C(=O)N[C@@H](Cc2c[nH]c3ccccc23)c2nnnn2[C@@H](CCCC)C(=O)N1C. The minimum Gasteiger partial charge on any atom is -0.508 e. The molecule has 42 heteroatoms. The summed E-state index contributed by atoms with van der Waals surface area (Å²) < 4.78 is 1.24. The summed E-state index contributed by atoms with van der Waals surface area (Å²) in [6.45, 7) is 7.00. The monoisotopic (exact) mass is 1780 g/mol. The average Bonchev–Trinajstić information content (AvgIpc) is 1.72. The summed E-state index contributed by atoms with van der Waals surface area (Å²) >= 11 is 0.783. The highest BCUT2D eigenvalue weighted by molar-refractivity contribution is 8.00. The summed E-state index contributed by atoms with van der Waals surface area (Å²) in [5.74, 6) is -17.3. The van der Waals surface area contributed by atoms with Gasteiger partial charge in [0.1, 0.15) is 72.2 Å². The summed E-state index contributed by atoms with van der Waals surface area (Å²) in [6.07, 6.45) is 1.93. The van der Waals surface area contributed by atoms with Crippen molar-refractivity contribution in [1.82, 2.24) is 98.0 Å². The van der Waals surface area contributed by atoms with Crippen LogP contribution in [-0.2, 0) is 96.0 Å². The lowest BCUT2D eigenvalue weighted by atomic mass is 9.90. The van der Waals surface area contributed by atoms with Crippen molar-refractivity contribution in [2.24, 2.45) is 29.0 Å². The Morgan fingerprint density at radius 3 is 1.80 bits per heavy atom. The maximum absolute atomic E-state index is 15.5. The molecule has 690 valence electrons. The number of hydrogen-bond acceptors (Lipinski definition) is 24. The third-order valence-electron chi connectivity index (χ3n) is 22.5. The smallest absolute Gasteiger partial charge is 0.248 e. The number of aliphatic hydroxyl groups excluding tert-OH is 2. The number of fused-ring (bicyclic) bond motifs is 5. The maximum Gasteiger partial charge on any atom is 0.248 e. The van der Waals surface area contributed by atoms with Crippen LogP contribution < -0.4 is 70.4 Å². The van der Waals surface area contributed by atoms with Gasteiger partial charge in [0, 0.05) is 98.2 Å². The number of para-hydroxylation sites is 2. The number of tetrazole rings is 1. The van der Waals surface area contributed by atoms with Gasteiger partial charge in [-0.15, -0.1) is 16.9 Å². The Morgan fingerprint density at radius 1 is 0.614 bits per heavy atom. The van der Waals surface area contributed by atoms with Crippen molar-refractivity contribution >= 4 is 128 Å². The zero-order valence-electron chi connectivity index (χ0n) is 71.5. The molecule has 3 aliphatic rings.